The lowest BCUT2D eigenvalue weighted by molar-refractivity contribution is -0.385. The van der Waals surface area contributed by atoms with Crippen LogP contribution in [0.1, 0.15) is 11.1 Å². The Bertz CT molecular complexity index is 774. The highest BCUT2D eigenvalue weighted by molar-refractivity contribution is 5.92. The molecule has 0 fully saturated rings. The molecule has 0 aliphatic heterocycles. The summed E-state index contributed by atoms with van der Waals surface area (Å²) in [7, 11) is 1.33. The highest BCUT2D eigenvalue weighted by Gasteiger charge is 2.15. The summed E-state index contributed by atoms with van der Waals surface area (Å²) >= 11 is 0. The Labute approximate surface area is 139 Å². The minimum Gasteiger partial charge on any atom is -0.490 e. The molecule has 2 aromatic carbocycles. The van der Waals surface area contributed by atoms with Gasteiger partial charge in [-0.3, -0.25) is 14.9 Å². The minimum atomic E-state index is -0.546. The summed E-state index contributed by atoms with van der Waals surface area (Å²) in [4.78, 5) is 22.3. The largest absolute Gasteiger partial charge is 0.490 e. The fourth-order valence-electron chi connectivity index (χ4n) is 2.19. The molecule has 0 heterocycles. The van der Waals surface area contributed by atoms with Crippen LogP contribution in [0.25, 0.3) is 0 Å². The van der Waals surface area contributed by atoms with Crippen molar-refractivity contribution in [1.82, 2.24) is 0 Å². The summed E-state index contributed by atoms with van der Waals surface area (Å²) in [5.74, 6) is 0.0692. The Kier molecular flexibility index (Phi) is 5.36. The average Bonchev–Trinajstić information content (AvgIpc) is 2.55. The van der Waals surface area contributed by atoms with Gasteiger partial charge < -0.3 is 14.8 Å². The molecular formula is C17H18N2O5. The topological polar surface area (TPSA) is 90.7 Å². The van der Waals surface area contributed by atoms with Crippen molar-refractivity contribution in [1.29, 1.82) is 0 Å². The van der Waals surface area contributed by atoms with Gasteiger partial charge in [0.15, 0.2) is 6.61 Å². The summed E-state index contributed by atoms with van der Waals surface area (Å²) in [6.45, 7) is 3.67. The maximum atomic E-state index is 12.0. The van der Waals surface area contributed by atoms with Crippen LogP contribution in [0.3, 0.4) is 0 Å². The second-order valence-corrected chi connectivity index (χ2v) is 5.25. The summed E-state index contributed by atoms with van der Waals surface area (Å²) in [6, 6.07) is 9.78. The Balaban J connectivity index is 2.00. The van der Waals surface area contributed by atoms with E-state index < -0.39 is 4.92 Å². The predicted molar refractivity (Wildman–Crippen MR) is 89.7 cm³/mol. The average molecular weight is 330 g/mol. The number of aryl methyl sites for hydroxylation is 2. The number of hydrogen-bond acceptors (Lipinski definition) is 5. The first-order chi connectivity index (χ1) is 11.4. The van der Waals surface area contributed by atoms with E-state index in [0.29, 0.717) is 5.75 Å². The summed E-state index contributed by atoms with van der Waals surface area (Å²) in [6.07, 6.45) is 0. The Hall–Kier alpha value is -3.09. The highest BCUT2D eigenvalue weighted by atomic mass is 16.6. The second-order valence-electron chi connectivity index (χ2n) is 5.25. The number of amides is 1. The quantitative estimate of drug-likeness (QED) is 0.648. The van der Waals surface area contributed by atoms with Gasteiger partial charge in [-0.15, -0.1) is 0 Å². The maximum Gasteiger partial charge on any atom is 0.311 e. The standard InChI is InChI=1S/C17H18N2O5/c1-11-4-6-14(12(2)8-11)18-17(20)10-24-13-5-7-15(19(21)22)16(9-13)23-3/h4-9H,10H2,1-3H3,(H,18,20). The number of nitro benzene ring substituents is 1. The van der Waals surface area contributed by atoms with Gasteiger partial charge in [-0.1, -0.05) is 17.7 Å². The first-order valence-electron chi connectivity index (χ1n) is 7.23. The zero-order chi connectivity index (χ0) is 17.7. The van der Waals surface area contributed by atoms with E-state index in [9.17, 15) is 14.9 Å². The summed E-state index contributed by atoms with van der Waals surface area (Å²) in [5.41, 5.74) is 2.63. The molecule has 1 N–H and O–H groups in total. The third kappa shape index (κ3) is 4.22. The maximum absolute atomic E-state index is 12.0. The van der Waals surface area contributed by atoms with Crippen LogP contribution in [0.15, 0.2) is 36.4 Å². The molecule has 0 bridgehead atoms. The van der Waals surface area contributed by atoms with E-state index in [4.69, 9.17) is 9.47 Å². The number of methoxy groups -OCH3 is 1. The van der Waals surface area contributed by atoms with Crippen LogP contribution in [-0.2, 0) is 4.79 Å². The first kappa shape index (κ1) is 17.3. The van der Waals surface area contributed by atoms with Gasteiger partial charge in [0.05, 0.1) is 12.0 Å². The van der Waals surface area contributed by atoms with Crippen molar-refractivity contribution in [3.05, 3.63) is 57.6 Å². The molecule has 1 amide bonds. The molecule has 0 unspecified atom stereocenters. The fourth-order valence-corrected chi connectivity index (χ4v) is 2.19. The number of anilines is 1. The van der Waals surface area contributed by atoms with Gasteiger partial charge in [0.1, 0.15) is 5.75 Å². The number of hydrogen-bond donors (Lipinski definition) is 1. The van der Waals surface area contributed by atoms with Gasteiger partial charge in [-0.2, -0.15) is 0 Å². The Morgan fingerprint density at radius 3 is 2.58 bits per heavy atom. The van der Waals surface area contributed by atoms with E-state index in [0.717, 1.165) is 16.8 Å². The molecule has 126 valence electrons. The van der Waals surface area contributed by atoms with E-state index in [2.05, 4.69) is 5.32 Å². The molecule has 0 spiro atoms. The lowest BCUT2D eigenvalue weighted by Gasteiger charge is -2.11. The lowest BCUT2D eigenvalue weighted by Crippen LogP contribution is -2.20. The third-order valence-corrected chi connectivity index (χ3v) is 3.37. The van der Waals surface area contributed by atoms with Crippen LogP contribution in [-0.4, -0.2) is 24.5 Å². The van der Waals surface area contributed by atoms with Crippen LogP contribution in [0.5, 0.6) is 11.5 Å². The zero-order valence-corrected chi connectivity index (χ0v) is 13.7. The van der Waals surface area contributed by atoms with Crippen molar-refractivity contribution in [3.63, 3.8) is 0 Å². The molecule has 0 aliphatic carbocycles. The van der Waals surface area contributed by atoms with Crippen LogP contribution in [0.2, 0.25) is 0 Å². The van der Waals surface area contributed by atoms with E-state index in [-0.39, 0.29) is 24.0 Å². The number of nitro groups is 1. The van der Waals surface area contributed by atoms with E-state index in [1.165, 1.54) is 25.3 Å². The van der Waals surface area contributed by atoms with Gasteiger partial charge in [-0.05, 0) is 31.5 Å². The van der Waals surface area contributed by atoms with Crippen LogP contribution in [0.4, 0.5) is 11.4 Å². The van der Waals surface area contributed by atoms with Gasteiger partial charge >= 0.3 is 5.69 Å². The Morgan fingerprint density at radius 2 is 1.96 bits per heavy atom. The van der Waals surface area contributed by atoms with Gasteiger partial charge in [0, 0.05) is 17.8 Å². The molecule has 7 nitrogen and oxygen atoms in total. The SMILES string of the molecule is COc1cc(OCC(=O)Nc2ccc(C)cc2C)ccc1[N+](=O)[O-]. The number of nitrogens with zero attached hydrogens (tertiary/aromatic N) is 1. The Morgan fingerprint density at radius 1 is 1.21 bits per heavy atom. The normalized spacial score (nSPS) is 10.1. The monoisotopic (exact) mass is 330 g/mol. The molecule has 0 radical (unpaired) electrons. The van der Waals surface area contributed by atoms with Crippen molar-refractivity contribution in [2.75, 3.05) is 19.0 Å². The van der Waals surface area contributed by atoms with Gasteiger partial charge in [-0.25, -0.2) is 0 Å². The van der Waals surface area contributed by atoms with Crippen molar-refractivity contribution in [2.24, 2.45) is 0 Å². The van der Waals surface area contributed by atoms with Crippen LogP contribution >= 0.6 is 0 Å². The highest BCUT2D eigenvalue weighted by Crippen LogP contribution is 2.30. The molecule has 0 aliphatic rings. The molecule has 24 heavy (non-hydrogen) atoms. The van der Waals surface area contributed by atoms with Crippen molar-refractivity contribution in [2.45, 2.75) is 13.8 Å². The molecule has 7 heteroatoms. The number of rotatable bonds is 6. The first-order valence-corrected chi connectivity index (χ1v) is 7.23. The smallest absolute Gasteiger partial charge is 0.311 e. The summed E-state index contributed by atoms with van der Waals surface area (Å²) < 4.78 is 10.3. The molecule has 2 aromatic rings. The van der Waals surface area contributed by atoms with E-state index in [1.54, 1.807) is 0 Å². The molecule has 0 saturated heterocycles. The van der Waals surface area contributed by atoms with Gasteiger partial charge in [0.2, 0.25) is 5.75 Å². The number of benzene rings is 2. The summed E-state index contributed by atoms with van der Waals surface area (Å²) in [5, 5.41) is 13.6. The molecule has 2 rings (SSSR count). The van der Waals surface area contributed by atoms with Crippen LogP contribution in [0, 0.1) is 24.0 Å². The second kappa shape index (κ2) is 7.45. The van der Waals surface area contributed by atoms with Crippen LogP contribution < -0.4 is 14.8 Å². The van der Waals surface area contributed by atoms with Crippen molar-refractivity contribution in [3.8, 4) is 11.5 Å². The number of ether oxygens (including phenoxy) is 2. The minimum absolute atomic E-state index is 0.0762. The molecule has 0 aromatic heterocycles. The van der Waals surface area contributed by atoms with E-state index in [1.807, 2.05) is 32.0 Å². The third-order valence-electron chi connectivity index (χ3n) is 3.37. The zero-order valence-electron chi connectivity index (χ0n) is 13.7. The lowest BCUT2D eigenvalue weighted by atomic mass is 10.1. The van der Waals surface area contributed by atoms with Crippen molar-refractivity contribution >= 4 is 17.3 Å². The fraction of sp³-hybridized carbons (Fsp3) is 0.235. The van der Waals surface area contributed by atoms with Gasteiger partial charge in [0.25, 0.3) is 5.91 Å². The molecular weight excluding hydrogens is 312 g/mol. The molecule has 0 saturated carbocycles. The number of carbonyl (C=O) groups excluding carboxylic acids is 1. The number of carbonyl (C=O) groups is 1. The van der Waals surface area contributed by atoms with Crippen molar-refractivity contribution < 1.29 is 19.2 Å². The van der Waals surface area contributed by atoms with E-state index >= 15 is 0 Å². The molecule has 0 atom stereocenters. The predicted octanol–water partition coefficient (Wildman–Crippen LogP) is 3.24. The number of nitrogens with one attached hydrogen (secondary N) is 1.